The van der Waals surface area contributed by atoms with Crippen LogP contribution in [0.2, 0.25) is 0 Å². The molecule has 22 heteroatoms. The van der Waals surface area contributed by atoms with E-state index in [2.05, 4.69) is 127 Å². The Morgan fingerprint density at radius 1 is 0.456 bits per heavy atom. The fourth-order valence-electron chi connectivity index (χ4n) is 7.66. The molecule has 0 saturated carbocycles. The van der Waals surface area contributed by atoms with Crippen LogP contribution in [0.3, 0.4) is 0 Å². The van der Waals surface area contributed by atoms with E-state index in [1.807, 2.05) is 17.8 Å². The predicted molar refractivity (Wildman–Crippen MR) is 221 cm³/mol. The van der Waals surface area contributed by atoms with Gasteiger partial charge in [-0.05, 0) is 137 Å². The van der Waals surface area contributed by atoms with Gasteiger partial charge >= 0.3 is 117 Å². The maximum Gasteiger partial charge on any atom is -1.00 e. The normalized spacial score (nSPS) is 14.8. The van der Waals surface area contributed by atoms with Crippen molar-refractivity contribution in [2.75, 3.05) is 0 Å². The van der Waals surface area contributed by atoms with E-state index in [0.29, 0.717) is 0 Å². The summed E-state index contributed by atoms with van der Waals surface area (Å²) in [5.41, 5.74) is -15.6. The summed E-state index contributed by atoms with van der Waals surface area (Å²) in [6.07, 6.45) is -23.0. The van der Waals surface area contributed by atoms with Crippen molar-refractivity contribution in [3.05, 3.63) is 161 Å². The van der Waals surface area contributed by atoms with E-state index >= 15 is 0 Å². The summed E-state index contributed by atoms with van der Waals surface area (Å²) in [7, 11) is -12.9. The molecule has 0 saturated heterocycles. The van der Waals surface area contributed by atoms with Crippen LogP contribution in [0.5, 0.6) is 0 Å². The van der Waals surface area contributed by atoms with Crippen LogP contribution in [-0.2, 0) is 23.7 Å². The van der Waals surface area contributed by atoms with Gasteiger partial charge in [-0.1, -0.05) is 72.4 Å². The topological polar surface area (TPSA) is 17.1 Å². The molecule has 0 amide bonds. The van der Waals surface area contributed by atoms with Crippen LogP contribution >= 0.6 is 19.0 Å². The molecule has 6 aromatic carbocycles. The summed E-state index contributed by atoms with van der Waals surface area (Å²) >= 11 is 1.81. The first-order valence-electron chi connectivity index (χ1n) is 19.3. The Morgan fingerprint density at radius 2 is 0.853 bits per heavy atom. The van der Waals surface area contributed by atoms with E-state index in [-0.39, 0.29) is 21.4 Å². The number of hydrogen-bond donors (Lipinski definition) is 0. The van der Waals surface area contributed by atoms with Crippen LogP contribution in [0.25, 0.3) is 22.3 Å². The van der Waals surface area contributed by atoms with Crippen molar-refractivity contribution in [3.63, 3.8) is 0 Å². The number of ketones is 1. The Kier molecular flexibility index (Phi) is 13.6. The fraction of sp³-hybridized carbons (Fsp3) is 0.196. The monoisotopic (exact) mass is 1030 g/mol. The second-order valence-corrected chi connectivity index (χ2v) is 22.0. The number of rotatable bonds is 9. The van der Waals surface area contributed by atoms with Gasteiger partial charge in [-0.2, -0.15) is 0 Å². The van der Waals surface area contributed by atoms with Crippen molar-refractivity contribution in [2.45, 2.75) is 79.8 Å². The Bertz CT molecular complexity index is 2790. The summed E-state index contributed by atoms with van der Waals surface area (Å²) in [6.45, 7) is 1.64. The van der Waals surface area contributed by atoms with E-state index < -0.39 is 42.7 Å². The van der Waals surface area contributed by atoms with Gasteiger partial charge in [-0.3, -0.25) is 4.79 Å². The molecule has 0 aliphatic heterocycles. The number of Topliss-reactive ketones (excluding diaryl/α,β-unsaturated/α-hetero) is 1. The van der Waals surface area contributed by atoms with Gasteiger partial charge < -0.3 is 4.70 Å². The minimum Gasteiger partial charge on any atom is -1.00 e. The number of carbonyl (C=O) groups is 1. The van der Waals surface area contributed by atoms with Crippen LogP contribution in [-0.4, -0.2) is 41.3 Å². The van der Waals surface area contributed by atoms with E-state index in [1.54, 1.807) is 6.92 Å². The van der Waals surface area contributed by atoms with Crippen LogP contribution in [0.15, 0.2) is 158 Å². The van der Waals surface area contributed by atoms with Gasteiger partial charge in [0.05, 0.1) is 10.9 Å². The van der Waals surface area contributed by atoms with Gasteiger partial charge in [0.25, 0.3) is 0 Å². The fourth-order valence-corrected chi connectivity index (χ4v) is 13.1. The van der Waals surface area contributed by atoms with Crippen LogP contribution in [0.4, 0.5) is 74.3 Å². The Hall–Kier alpha value is -5.14. The van der Waals surface area contributed by atoms with Crippen molar-refractivity contribution in [3.8, 4) is 22.3 Å². The molecule has 0 N–H and O–H groups in total. The summed E-state index contributed by atoms with van der Waals surface area (Å²) < 4.78 is 209. The molecule has 0 bridgehead atoms. The molecule has 68 heavy (non-hydrogen) atoms. The van der Waals surface area contributed by atoms with Gasteiger partial charge in [0.2, 0.25) is 0 Å². The summed E-state index contributed by atoms with van der Waals surface area (Å²) in [4.78, 5) is 18.4. The third-order valence-corrected chi connectivity index (χ3v) is 18.0. The molecule has 1 nitrogen and oxygen atoms in total. The molecule has 0 heterocycles. The van der Waals surface area contributed by atoms with E-state index in [0.717, 1.165) is 18.4 Å². The first-order valence-corrected chi connectivity index (χ1v) is 23.3. The van der Waals surface area contributed by atoms with Gasteiger partial charge in [0.1, 0.15) is 0 Å². The van der Waals surface area contributed by atoms with Crippen LogP contribution in [0.1, 0.15) is 39.5 Å². The molecule has 0 fully saturated rings. The Morgan fingerprint density at radius 3 is 1.38 bits per heavy atom. The smallest absolute Gasteiger partial charge is 1.00 e. The predicted octanol–water partition coefficient (Wildman–Crippen LogP) is 14.1. The number of hydrogen-bond acceptors (Lipinski definition) is 2. The van der Waals surface area contributed by atoms with E-state index in [4.69, 9.17) is 0 Å². The molecule has 8 rings (SSSR count). The summed E-state index contributed by atoms with van der Waals surface area (Å²) in [5, 5.41) is 0. The Balaban J connectivity index is 0.000000263. The number of benzene rings is 6. The molecule has 6 aromatic rings. The first-order chi connectivity index (χ1) is 30.9. The first kappa shape index (κ1) is 52.2. The average molecular weight is 1030 g/mol. The molecule has 1 unspecified atom stereocenters. The number of fused-ring (bicyclic) bond motifs is 6. The molecule has 2 aliphatic rings. The SMILES string of the molecule is CC(=O)c1ccc2c(c1)Cc1cc(Sc3ccc([S+](c4ccccc4)c4ccc5c(c4)Cc4ccccc4-5)cc3)ccc1-2.FC(F)(F)C(F)(F)P(F)(F)(C(F)(F)C(F)(F)F)C(F)(F)C(F)(F)F.[F-]. The van der Waals surface area contributed by atoms with Crippen LogP contribution in [0, 0.1) is 0 Å². The van der Waals surface area contributed by atoms with Crippen LogP contribution < -0.4 is 4.70 Å². The van der Waals surface area contributed by atoms with Crippen molar-refractivity contribution < 1.29 is 83.7 Å². The van der Waals surface area contributed by atoms with E-state index in [1.165, 1.54) is 69.0 Å². The number of carbonyl (C=O) groups excluding carboxylic acids is 1. The molecule has 0 aromatic heterocycles. The maximum absolute atomic E-state index is 13.4. The van der Waals surface area contributed by atoms with Crippen molar-refractivity contribution >= 4 is 35.7 Å². The molecule has 362 valence electrons. The molecular formula is C46H29F18OPS2. The molecule has 1 atom stereocenters. The maximum atomic E-state index is 13.4. The standard InChI is InChI=1S/C40H29OS2.C6F17P.FH/c1-26(41)27-11-18-38-29(21-27)23-30-24-33(14-19-39(30)38)42-32-12-15-35(16-13-32)43(34-8-3-2-4-9-34)36-17-20-40-31(25-36)22-28-7-5-6-10-37(28)40;7-1(8,9)4(16,17)24(22,23,5(18,19)2(10,11)12)6(20,21)3(13,14)15;/h2-21,24-25H,22-23H2,1H3;;1H/q+1;;/p-1. The minimum atomic E-state index is -12.7. The van der Waals surface area contributed by atoms with Crippen molar-refractivity contribution in [1.82, 2.24) is 0 Å². The minimum absolute atomic E-state index is 0. The van der Waals surface area contributed by atoms with Gasteiger partial charge in [-0.25, -0.2) is 0 Å². The van der Waals surface area contributed by atoms with Crippen molar-refractivity contribution in [1.29, 1.82) is 0 Å². The summed E-state index contributed by atoms with van der Waals surface area (Å²) in [5.74, 6) is 0.121. The van der Waals surface area contributed by atoms with Gasteiger partial charge in [0.15, 0.2) is 20.5 Å². The quantitative estimate of drug-likeness (QED) is 0.0620. The zero-order chi connectivity index (χ0) is 49.4. The Labute approximate surface area is 381 Å². The van der Waals surface area contributed by atoms with Gasteiger partial charge in [0, 0.05) is 15.4 Å². The molecule has 0 radical (unpaired) electrons. The second kappa shape index (κ2) is 17.7. The third-order valence-electron chi connectivity index (χ3n) is 11.0. The molecule has 2 aliphatic carbocycles. The number of alkyl halides is 15. The van der Waals surface area contributed by atoms with E-state index in [9.17, 15) is 79.0 Å². The number of halogens is 18. The molecule has 0 spiro atoms. The average Bonchev–Trinajstić information content (AvgIpc) is 3.80. The van der Waals surface area contributed by atoms with Crippen molar-refractivity contribution in [2.24, 2.45) is 0 Å². The molecular weight excluding hydrogens is 1010 g/mol. The zero-order valence-corrected chi connectivity index (χ0v) is 36.6. The second-order valence-electron chi connectivity index (χ2n) is 15.3. The van der Waals surface area contributed by atoms with Gasteiger partial charge in [-0.15, -0.1) is 0 Å². The summed E-state index contributed by atoms with van der Waals surface area (Å²) in [6, 6.07) is 48.9. The largest absolute Gasteiger partial charge is 1.00 e. The zero-order valence-electron chi connectivity index (χ0n) is 34.1. The third kappa shape index (κ3) is 8.32.